The first kappa shape index (κ1) is 23.0. The number of carbonyl (C=O) groups excluding carboxylic acids is 1. The number of nitrogens with zero attached hydrogens (tertiary/aromatic N) is 9. The largest absolute Gasteiger partial charge is 0.365 e. The van der Waals surface area contributed by atoms with Crippen LogP contribution in [0.1, 0.15) is 25.7 Å². The Bertz CT molecular complexity index is 1260. The van der Waals surface area contributed by atoms with Gasteiger partial charge in [-0.05, 0) is 50.8 Å². The van der Waals surface area contributed by atoms with Crippen molar-refractivity contribution in [1.29, 1.82) is 0 Å². The van der Waals surface area contributed by atoms with Crippen LogP contribution in [0, 0.1) is 5.92 Å². The van der Waals surface area contributed by atoms with Gasteiger partial charge in [0.05, 0.1) is 17.6 Å². The Balaban J connectivity index is 1.03. The molecular weight excluding hydrogens is 468 g/mol. The monoisotopic (exact) mass is 504 g/mol. The van der Waals surface area contributed by atoms with Crippen LogP contribution in [0.4, 0.5) is 17.3 Å². The number of anilines is 3. The van der Waals surface area contributed by atoms with Crippen LogP contribution in [0.15, 0.2) is 30.7 Å². The summed E-state index contributed by atoms with van der Waals surface area (Å²) in [7, 11) is 2.09. The molecule has 0 spiro atoms. The summed E-state index contributed by atoms with van der Waals surface area (Å²) in [6, 6.07) is 5.53. The molecule has 196 valence electrons. The van der Waals surface area contributed by atoms with Gasteiger partial charge in [-0.25, -0.2) is 4.52 Å². The minimum atomic E-state index is 0.101. The van der Waals surface area contributed by atoms with E-state index in [1.165, 1.54) is 32.2 Å². The lowest BCUT2D eigenvalue weighted by atomic mass is 10.1. The predicted molar refractivity (Wildman–Crippen MR) is 141 cm³/mol. The Morgan fingerprint density at radius 3 is 2.62 bits per heavy atom. The van der Waals surface area contributed by atoms with Crippen LogP contribution in [0.3, 0.4) is 0 Å². The molecule has 4 aliphatic rings. The topological polar surface area (TPSA) is 90.1 Å². The second kappa shape index (κ2) is 9.29. The molecule has 37 heavy (non-hydrogen) atoms. The number of fused-ring (bicyclic) bond motifs is 3. The van der Waals surface area contributed by atoms with Gasteiger partial charge in [-0.1, -0.05) is 0 Å². The van der Waals surface area contributed by atoms with Crippen LogP contribution >= 0.6 is 0 Å². The molecule has 1 amide bonds. The molecule has 3 aromatic rings. The number of likely N-dealkylation sites (N-methyl/N-ethyl adjacent to an activating group) is 1. The Hall–Kier alpha value is -3.18. The predicted octanol–water partition coefficient (Wildman–Crippen LogP) is 1.51. The lowest BCUT2D eigenvalue weighted by molar-refractivity contribution is -0.133. The van der Waals surface area contributed by atoms with E-state index in [2.05, 4.69) is 49.4 Å². The molecule has 0 aromatic carbocycles. The van der Waals surface area contributed by atoms with Gasteiger partial charge in [-0.3, -0.25) is 14.4 Å². The molecule has 3 aliphatic heterocycles. The zero-order chi connectivity index (χ0) is 24.9. The summed E-state index contributed by atoms with van der Waals surface area (Å²) in [5.41, 5.74) is 2.80. The van der Waals surface area contributed by atoms with Crippen molar-refractivity contribution in [2.75, 3.05) is 63.1 Å². The number of aromatic nitrogens is 5. The average molecular weight is 505 g/mol. The fourth-order valence-corrected chi connectivity index (χ4v) is 6.21. The number of rotatable bonds is 7. The molecule has 11 nitrogen and oxygen atoms in total. The SMILES string of the molecule is CN1CCN(C(=O)Cn2cc(Nc3nc4c(N5CC6CCC(C5)N6CC5CC5)cccn4n3)cn2)CC1. The summed E-state index contributed by atoms with van der Waals surface area (Å²) < 4.78 is 3.54. The van der Waals surface area contributed by atoms with Crippen molar-refractivity contribution in [3.8, 4) is 0 Å². The summed E-state index contributed by atoms with van der Waals surface area (Å²) in [6.45, 7) is 7.02. The standard InChI is InChI=1S/C26H36N10O/c1-31-9-11-32(12-10-31)24(37)18-34-15-20(13-27-34)28-26-29-25-23(3-2-8-36(25)30-26)33-16-21-6-7-22(17-33)35(21)14-19-4-5-19/h2-3,8,13,15,19,21-22H,4-7,9-12,14,16-18H2,1H3,(H,28,30). The lowest BCUT2D eigenvalue weighted by Crippen LogP contribution is -2.54. The van der Waals surface area contributed by atoms with Crippen LogP contribution in [0.5, 0.6) is 0 Å². The normalized spacial score (nSPS) is 24.8. The first-order valence-corrected chi connectivity index (χ1v) is 13.7. The second-order valence-electron chi connectivity index (χ2n) is 11.3. The summed E-state index contributed by atoms with van der Waals surface area (Å²) in [5.74, 6) is 1.58. The Morgan fingerprint density at radius 2 is 1.86 bits per heavy atom. The Kier molecular flexibility index (Phi) is 5.77. The zero-order valence-corrected chi connectivity index (χ0v) is 21.5. The fourth-order valence-electron chi connectivity index (χ4n) is 6.21. The first-order valence-electron chi connectivity index (χ1n) is 13.7. The van der Waals surface area contributed by atoms with Gasteiger partial charge in [-0.2, -0.15) is 10.1 Å². The van der Waals surface area contributed by atoms with Gasteiger partial charge in [0.25, 0.3) is 0 Å². The highest BCUT2D eigenvalue weighted by atomic mass is 16.2. The van der Waals surface area contributed by atoms with Gasteiger partial charge in [0, 0.05) is 70.3 Å². The lowest BCUT2D eigenvalue weighted by Gasteiger charge is -2.42. The van der Waals surface area contributed by atoms with E-state index >= 15 is 0 Å². The maximum Gasteiger partial charge on any atom is 0.247 e. The third-order valence-electron chi connectivity index (χ3n) is 8.52. The molecule has 2 unspecified atom stereocenters. The molecule has 3 aromatic heterocycles. The van der Waals surface area contributed by atoms with E-state index in [0.717, 1.165) is 62.2 Å². The zero-order valence-electron chi connectivity index (χ0n) is 21.5. The first-order chi connectivity index (χ1) is 18.1. The number of hydrogen-bond acceptors (Lipinski definition) is 8. The maximum atomic E-state index is 12.7. The van der Waals surface area contributed by atoms with Crippen LogP contribution in [0.25, 0.3) is 5.65 Å². The minimum absolute atomic E-state index is 0.101. The van der Waals surface area contributed by atoms with Crippen LogP contribution in [-0.4, -0.2) is 110 Å². The minimum Gasteiger partial charge on any atom is -0.365 e. The van der Waals surface area contributed by atoms with E-state index in [4.69, 9.17) is 4.98 Å². The van der Waals surface area contributed by atoms with Gasteiger partial charge in [0.1, 0.15) is 6.54 Å². The van der Waals surface area contributed by atoms with E-state index in [-0.39, 0.29) is 12.5 Å². The molecule has 4 fully saturated rings. The third-order valence-corrected chi connectivity index (χ3v) is 8.52. The molecule has 7 rings (SSSR count). The second-order valence-corrected chi connectivity index (χ2v) is 11.3. The van der Waals surface area contributed by atoms with Gasteiger partial charge in [-0.15, -0.1) is 5.10 Å². The number of pyridine rings is 1. The average Bonchev–Trinajstić information content (AvgIpc) is 3.37. The van der Waals surface area contributed by atoms with Gasteiger partial charge < -0.3 is 20.0 Å². The van der Waals surface area contributed by atoms with Gasteiger partial charge in [0.15, 0.2) is 5.65 Å². The Morgan fingerprint density at radius 1 is 1.08 bits per heavy atom. The van der Waals surface area contributed by atoms with E-state index in [0.29, 0.717) is 18.0 Å². The van der Waals surface area contributed by atoms with Crippen molar-refractivity contribution in [3.05, 3.63) is 30.7 Å². The number of piperazine rings is 2. The number of carbonyl (C=O) groups is 1. The van der Waals surface area contributed by atoms with Crippen molar-refractivity contribution in [2.24, 2.45) is 5.92 Å². The van der Waals surface area contributed by atoms with Gasteiger partial charge >= 0.3 is 0 Å². The Labute approximate surface area is 217 Å². The van der Waals surface area contributed by atoms with Crippen molar-refractivity contribution in [3.63, 3.8) is 0 Å². The molecule has 2 atom stereocenters. The van der Waals surface area contributed by atoms with Crippen LogP contribution < -0.4 is 10.2 Å². The molecular formula is C26H36N10O. The van der Waals surface area contributed by atoms with E-state index in [1.807, 2.05) is 21.8 Å². The highest BCUT2D eigenvalue weighted by molar-refractivity contribution is 5.76. The van der Waals surface area contributed by atoms with Crippen molar-refractivity contribution < 1.29 is 4.79 Å². The van der Waals surface area contributed by atoms with Gasteiger partial charge in [0.2, 0.25) is 11.9 Å². The van der Waals surface area contributed by atoms with Crippen LogP contribution in [0.2, 0.25) is 0 Å². The summed E-state index contributed by atoms with van der Waals surface area (Å²) in [4.78, 5) is 27.0. The van der Waals surface area contributed by atoms with E-state index in [9.17, 15) is 4.79 Å². The summed E-state index contributed by atoms with van der Waals surface area (Å²) in [5, 5.41) is 12.3. The summed E-state index contributed by atoms with van der Waals surface area (Å²) in [6.07, 6.45) is 11.0. The number of nitrogens with one attached hydrogen (secondary N) is 1. The fraction of sp³-hybridized carbons (Fsp3) is 0.615. The molecule has 1 saturated carbocycles. The quantitative estimate of drug-likeness (QED) is 0.518. The number of hydrogen-bond donors (Lipinski definition) is 1. The van der Waals surface area contributed by atoms with Crippen molar-refractivity contribution in [1.82, 2.24) is 39.1 Å². The third kappa shape index (κ3) is 4.66. The molecule has 3 saturated heterocycles. The molecule has 11 heteroatoms. The molecule has 2 bridgehead atoms. The molecule has 1 aliphatic carbocycles. The van der Waals surface area contributed by atoms with Crippen molar-refractivity contribution in [2.45, 2.75) is 44.3 Å². The highest BCUT2D eigenvalue weighted by Crippen LogP contribution is 2.38. The molecule has 0 radical (unpaired) electrons. The van der Waals surface area contributed by atoms with E-state index < -0.39 is 0 Å². The smallest absolute Gasteiger partial charge is 0.247 e. The maximum absolute atomic E-state index is 12.7. The highest BCUT2D eigenvalue weighted by Gasteiger charge is 2.42. The molecule has 6 heterocycles. The van der Waals surface area contributed by atoms with E-state index in [1.54, 1.807) is 10.9 Å². The summed E-state index contributed by atoms with van der Waals surface area (Å²) >= 11 is 0. The van der Waals surface area contributed by atoms with Crippen molar-refractivity contribution >= 4 is 28.9 Å². The number of amides is 1. The molecule has 1 N–H and O–H groups in total. The van der Waals surface area contributed by atoms with Crippen LogP contribution in [-0.2, 0) is 11.3 Å².